The van der Waals surface area contributed by atoms with E-state index in [4.69, 9.17) is 31.5 Å². The Morgan fingerprint density at radius 1 is 1.02 bits per heavy atom. The fourth-order valence-corrected chi connectivity index (χ4v) is 5.63. The van der Waals surface area contributed by atoms with E-state index in [1.54, 1.807) is 52.3 Å². The van der Waals surface area contributed by atoms with Crippen LogP contribution >= 0.6 is 0 Å². The van der Waals surface area contributed by atoms with Gasteiger partial charge < -0.3 is 29.0 Å². The number of carbonyl (C=O) groups excluding carboxylic acids is 3. The van der Waals surface area contributed by atoms with Crippen LogP contribution in [-0.2, 0) is 19.7 Å². The summed E-state index contributed by atoms with van der Waals surface area (Å²) in [5.74, 6) is -4.13. The Kier molecular flexibility index (Phi) is 12.5. The standard InChI is InChI=1S/C39H52F2N6O10/c1-24(43-33(48)56-37(5,6)7)39(40,41)18-20-53-31-22-27(17-19-42-31)45(34(49)57-38(8,9)10)32-23-30(44-46(32)36(2,3)4)25-11-14-29(21-25)55-35(50)54-28-15-12-26(13-16-28)47(51)52/h12-13,15-17,19,22-25,29H,11,14,18,20-21H2,1-10H3,(H,43,48)/t24-,25-,29+/m0/s1/i20D2. The number of hydrogen-bond acceptors (Lipinski definition) is 12. The zero-order chi connectivity index (χ0) is 44.3. The van der Waals surface area contributed by atoms with Crippen LogP contribution in [0.5, 0.6) is 11.6 Å². The molecule has 0 radical (unpaired) electrons. The third-order valence-corrected chi connectivity index (χ3v) is 8.29. The van der Waals surface area contributed by atoms with Crippen molar-refractivity contribution in [3.05, 3.63) is 64.5 Å². The highest BCUT2D eigenvalue weighted by Gasteiger charge is 2.39. The maximum absolute atomic E-state index is 15.3. The highest BCUT2D eigenvalue weighted by atomic mass is 19.3. The van der Waals surface area contributed by atoms with E-state index in [0.717, 1.165) is 6.92 Å². The minimum atomic E-state index is -3.80. The molecule has 2 aromatic heterocycles. The second-order valence-electron chi connectivity index (χ2n) is 16.6. The van der Waals surface area contributed by atoms with Crippen LogP contribution < -0.4 is 19.7 Å². The summed E-state index contributed by atoms with van der Waals surface area (Å²) in [4.78, 5) is 54.4. The second-order valence-corrected chi connectivity index (χ2v) is 16.6. The van der Waals surface area contributed by atoms with Crippen LogP contribution in [0.3, 0.4) is 0 Å². The van der Waals surface area contributed by atoms with Gasteiger partial charge in [0.25, 0.3) is 11.6 Å². The molecule has 1 N–H and O–H groups in total. The first-order valence-corrected chi connectivity index (χ1v) is 18.3. The molecule has 2 heterocycles. The van der Waals surface area contributed by atoms with Gasteiger partial charge >= 0.3 is 18.3 Å². The van der Waals surface area contributed by atoms with Gasteiger partial charge in [-0.25, -0.2) is 37.7 Å². The largest absolute Gasteiger partial charge is 0.514 e. The predicted octanol–water partition coefficient (Wildman–Crippen LogP) is 9.18. The number of nitro benzene ring substituents is 1. The zero-order valence-electron chi connectivity index (χ0n) is 35.8. The van der Waals surface area contributed by atoms with E-state index < -0.39 is 76.9 Å². The van der Waals surface area contributed by atoms with Crippen molar-refractivity contribution in [2.45, 2.75) is 136 Å². The molecule has 1 aliphatic rings. The fourth-order valence-electron chi connectivity index (χ4n) is 5.63. The number of halogens is 2. The van der Waals surface area contributed by atoms with Crippen LogP contribution in [-0.4, -0.2) is 73.9 Å². The van der Waals surface area contributed by atoms with E-state index >= 15 is 8.78 Å². The van der Waals surface area contributed by atoms with E-state index in [-0.39, 0.29) is 28.9 Å². The van der Waals surface area contributed by atoms with Gasteiger partial charge in [0.1, 0.15) is 28.9 Å². The molecule has 3 aromatic rings. The average molecular weight is 805 g/mol. The third kappa shape index (κ3) is 12.7. The Balaban J connectivity index is 1.59. The van der Waals surface area contributed by atoms with Crippen LogP contribution in [0.2, 0.25) is 0 Å². The monoisotopic (exact) mass is 804 g/mol. The third-order valence-electron chi connectivity index (χ3n) is 8.29. The average Bonchev–Trinajstić information content (AvgIpc) is 3.70. The molecule has 1 saturated carbocycles. The van der Waals surface area contributed by atoms with Gasteiger partial charge in [0.05, 0.1) is 37.2 Å². The fraction of sp³-hybridized carbons (Fsp3) is 0.564. The van der Waals surface area contributed by atoms with Crippen molar-refractivity contribution in [1.82, 2.24) is 20.1 Å². The maximum Gasteiger partial charge on any atom is 0.514 e. The van der Waals surface area contributed by atoms with Gasteiger partial charge in [-0.05, 0) is 107 Å². The number of alkyl carbamates (subject to hydrolysis) is 1. The first kappa shape index (κ1) is 41.1. The lowest BCUT2D eigenvalue weighted by Crippen LogP contribution is -2.47. The summed E-state index contributed by atoms with van der Waals surface area (Å²) in [5.41, 5.74) is -2.15. The summed E-state index contributed by atoms with van der Waals surface area (Å²) in [6.07, 6.45) is -2.33. The van der Waals surface area contributed by atoms with Crippen molar-refractivity contribution in [2.24, 2.45) is 0 Å². The molecule has 1 aromatic carbocycles. The van der Waals surface area contributed by atoms with Gasteiger partial charge in [-0.3, -0.25) is 10.1 Å². The SMILES string of the molecule is [2H]C([2H])(CC(F)(F)[C@H](C)NC(=O)OC(C)(C)C)Oc1cc(N(C(=O)OC(C)(C)C)c2cc([C@H]3CC[C@@H](OC(=O)Oc4ccc([N+](=O)[O-])cc4)C3)nn2C(C)(C)C)ccn1. The molecule has 0 saturated heterocycles. The molecule has 4 rings (SSSR count). The van der Waals surface area contributed by atoms with Crippen molar-refractivity contribution in [2.75, 3.05) is 11.5 Å². The maximum atomic E-state index is 15.3. The molecule has 16 nitrogen and oxygen atoms in total. The van der Waals surface area contributed by atoms with Crippen LogP contribution in [0.15, 0.2) is 48.7 Å². The highest BCUT2D eigenvalue weighted by Crippen LogP contribution is 2.40. The number of carbonyl (C=O) groups is 3. The number of rotatable bonds is 12. The quantitative estimate of drug-likeness (QED) is 0.0602. The summed E-state index contributed by atoms with van der Waals surface area (Å²) in [6.45, 7) is 13.3. The van der Waals surface area contributed by atoms with Crippen molar-refractivity contribution in [1.29, 1.82) is 0 Å². The van der Waals surface area contributed by atoms with Crippen molar-refractivity contribution >= 4 is 35.5 Å². The predicted molar refractivity (Wildman–Crippen MR) is 204 cm³/mol. The van der Waals surface area contributed by atoms with E-state index in [2.05, 4.69) is 4.98 Å². The van der Waals surface area contributed by atoms with Crippen LogP contribution in [0.4, 0.5) is 40.4 Å². The second kappa shape index (κ2) is 17.3. The lowest BCUT2D eigenvalue weighted by atomic mass is 10.0. The molecule has 57 heavy (non-hydrogen) atoms. The molecular formula is C39H52F2N6O10. The van der Waals surface area contributed by atoms with E-state index in [1.807, 2.05) is 26.1 Å². The van der Waals surface area contributed by atoms with Crippen molar-refractivity contribution < 1.29 is 54.5 Å². The number of non-ortho nitro benzene ring substituents is 1. The number of amides is 2. The van der Waals surface area contributed by atoms with Crippen molar-refractivity contribution in [3.63, 3.8) is 0 Å². The molecule has 1 fully saturated rings. The van der Waals surface area contributed by atoms with E-state index in [0.29, 0.717) is 25.0 Å². The Bertz CT molecular complexity index is 1990. The van der Waals surface area contributed by atoms with Crippen LogP contribution in [0.25, 0.3) is 0 Å². The molecule has 0 aliphatic heterocycles. The Morgan fingerprint density at radius 3 is 2.26 bits per heavy atom. The molecule has 0 spiro atoms. The Morgan fingerprint density at radius 2 is 1.67 bits per heavy atom. The lowest BCUT2D eigenvalue weighted by molar-refractivity contribution is -0.384. The van der Waals surface area contributed by atoms with Gasteiger partial charge in [0.15, 0.2) is 0 Å². The molecule has 1 aliphatic carbocycles. The number of anilines is 2. The first-order chi connectivity index (χ1) is 27.0. The highest BCUT2D eigenvalue weighted by molar-refractivity contribution is 5.95. The molecule has 0 bridgehead atoms. The first-order valence-electron chi connectivity index (χ1n) is 19.3. The number of ether oxygens (including phenoxy) is 5. The zero-order valence-corrected chi connectivity index (χ0v) is 33.8. The summed E-state index contributed by atoms with van der Waals surface area (Å²) in [7, 11) is 0. The molecule has 2 amide bonds. The number of benzene rings is 1. The smallest absolute Gasteiger partial charge is 0.477 e. The molecule has 18 heteroatoms. The summed E-state index contributed by atoms with van der Waals surface area (Å²) in [5, 5.41) is 17.9. The minimum Gasteiger partial charge on any atom is -0.477 e. The number of pyridine rings is 1. The van der Waals surface area contributed by atoms with Crippen LogP contribution in [0.1, 0.15) is 109 Å². The number of alkyl halides is 2. The van der Waals surface area contributed by atoms with Crippen molar-refractivity contribution in [3.8, 4) is 11.6 Å². The molecular weight excluding hydrogens is 750 g/mol. The lowest BCUT2D eigenvalue weighted by Gasteiger charge is -2.30. The number of nitrogens with one attached hydrogen (secondary N) is 1. The van der Waals surface area contributed by atoms with E-state index in [1.165, 1.54) is 47.5 Å². The molecule has 312 valence electrons. The van der Waals surface area contributed by atoms with Gasteiger partial charge in [-0.15, -0.1) is 0 Å². The number of aromatic nitrogens is 3. The number of nitrogens with zero attached hydrogens (tertiary/aromatic N) is 5. The summed E-state index contributed by atoms with van der Waals surface area (Å²) >= 11 is 0. The van der Waals surface area contributed by atoms with E-state index in [9.17, 15) is 24.5 Å². The van der Waals surface area contributed by atoms with Gasteiger partial charge in [-0.2, -0.15) is 5.10 Å². The van der Waals surface area contributed by atoms with Gasteiger partial charge in [0, 0.05) is 42.8 Å². The number of hydrogen-bond donors (Lipinski definition) is 1. The normalized spacial score (nSPS) is 17.4. The Labute approximate surface area is 333 Å². The van der Waals surface area contributed by atoms with Crippen LogP contribution in [0, 0.1) is 10.1 Å². The number of nitro groups is 1. The molecule has 3 atom stereocenters. The topological polar surface area (TPSA) is 186 Å². The summed E-state index contributed by atoms with van der Waals surface area (Å²) < 4.78 is 75.8. The minimum absolute atomic E-state index is 0.0758. The van der Waals surface area contributed by atoms with Gasteiger partial charge in [0.2, 0.25) is 5.88 Å². The summed E-state index contributed by atoms with van der Waals surface area (Å²) in [6, 6.07) is 7.48. The molecule has 0 unspecified atom stereocenters. The Hall–Kier alpha value is -5.55. The van der Waals surface area contributed by atoms with Gasteiger partial charge in [-0.1, -0.05) is 0 Å².